The molecule has 0 spiro atoms. The van der Waals surface area contributed by atoms with Gasteiger partial charge in [0.2, 0.25) is 11.0 Å². The molecular weight excluding hydrogens is 304 g/mol. The Morgan fingerprint density at radius 3 is 2.76 bits per heavy atom. The number of nitrogens with two attached hydrogens (primary N) is 1. The van der Waals surface area contributed by atoms with Crippen molar-refractivity contribution < 1.29 is 4.79 Å². The van der Waals surface area contributed by atoms with Crippen LogP contribution in [0.25, 0.3) is 0 Å². The van der Waals surface area contributed by atoms with Crippen LogP contribution in [0.1, 0.15) is 29.7 Å². The van der Waals surface area contributed by atoms with Crippen molar-refractivity contribution in [1.82, 2.24) is 15.5 Å². The fourth-order valence-corrected chi connectivity index (χ4v) is 3.25. The van der Waals surface area contributed by atoms with E-state index in [9.17, 15) is 4.79 Å². The Morgan fingerprint density at radius 1 is 1.38 bits per heavy atom. The van der Waals surface area contributed by atoms with Crippen LogP contribution >= 0.6 is 23.1 Å². The Morgan fingerprint density at radius 2 is 2.14 bits per heavy atom. The maximum absolute atomic E-state index is 12.0. The van der Waals surface area contributed by atoms with Gasteiger partial charge in [-0.1, -0.05) is 41.3 Å². The van der Waals surface area contributed by atoms with E-state index in [4.69, 9.17) is 5.73 Å². The average Bonchev–Trinajstić information content (AvgIpc) is 2.85. The third kappa shape index (κ3) is 4.44. The molecular formula is C14H18N4OS2. The summed E-state index contributed by atoms with van der Waals surface area (Å²) in [5.41, 5.74) is 9.09. The van der Waals surface area contributed by atoms with Gasteiger partial charge in [-0.05, 0) is 37.5 Å². The number of rotatable bonds is 5. The van der Waals surface area contributed by atoms with Gasteiger partial charge in [0.1, 0.15) is 0 Å². The number of anilines is 1. The molecule has 0 aliphatic rings. The Labute approximate surface area is 132 Å². The third-order valence-electron chi connectivity index (χ3n) is 3.16. The molecule has 1 aromatic heterocycles. The number of carbonyl (C=O) groups is 1. The summed E-state index contributed by atoms with van der Waals surface area (Å²) in [6.45, 7) is 6.13. The number of aromatic nitrogens is 2. The predicted molar refractivity (Wildman–Crippen MR) is 87.5 cm³/mol. The van der Waals surface area contributed by atoms with Crippen LogP contribution in [-0.2, 0) is 4.79 Å². The fraction of sp³-hybridized carbons (Fsp3) is 0.357. The molecule has 1 amide bonds. The summed E-state index contributed by atoms with van der Waals surface area (Å²) in [5, 5.41) is 11.0. The molecule has 0 aliphatic heterocycles. The quantitative estimate of drug-likeness (QED) is 0.827. The number of thioether (sulfide) groups is 1. The first-order chi connectivity index (χ1) is 9.95. The van der Waals surface area contributed by atoms with Gasteiger partial charge in [0.05, 0.1) is 11.8 Å². The molecule has 0 aliphatic carbocycles. The molecule has 0 bridgehead atoms. The topological polar surface area (TPSA) is 80.9 Å². The molecule has 0 fully saturated rings. The molecule has 0 saturated carbocycles. The fourth-order valence-electron chi connectivity index (χ4n) is 1.81. The highest BCUT2D eigenvalue weighted by molar-refractivity contribution is 8.01. The van der Waals surface area contributed by atoms with E-state index in [0.717, 1.165) is 5.56 Å². The molecule has 1 atom stereocenters. The van der Waals surface area contributed by atoms with Gasteiger partial charge in [0, 0.05) is 0 Å². The van der Waals surface area contributed by atoms with Crippen LogP contribution in [-0.4, -0.2) is 21.9 Å². The van der Waals surface area contributed by atoms with Crippen molar-refractivity contribution in [2.75, 3.05) is 11.5 Å². The van der Waals surface area contributed by atoms with Crippen molar-refractivity contribution in [3.8, 4) is 0 Å². The summed E-state index contributed by atoms with van der Waals surface area (Å²) in [5.74, 6) is 0.281. The minimum Gasteiger partial charge on any atom is -0.374 e. The van der Waals surface area contributed by atoms with Gasteiger partial charge in [-0.25, -0.2) is 0 Å². The summed E-state index contributed by atoms with van der Waals surface area (Å²) in [6.07, 6.45) is 0. The molecule has 112 valence electrons. The highest BCUT2D eigenvalue weighted by Crippen LogP contribution is 2.23. The maximum atomic E-state index is 12.0. The first-order valence-corrected chi connectivity index (χ1v) is 8.34. The lowest BCUT2D eigenvalue weighted by Crippen LogP contribution is -2.28. The normalized spacial score (nSPS) is 12.1. The van der Waals surface area contributed by atoms with Crippen LogP contribution in [0.4, 0.5) is 5.13 Å². The van der Waals surface area contributed by atoms with Crippen molar-refractivity contribution in [2.24, 2.45) is 0 Å². The number of hydrogen-bond donors (Lipinski definition) is 2. The average molecular weight is 322 g/mol. The number of nitrogens with one attached hydrogen (secondary N) is 1. The van der Waals surface area contributed by atoms with Crippen LogP contribution in [0.15, 0.2) is 22.5 Å². The van der Waals surface area contributed by atoms with Crippen molar-refractivity contribution in [1.29, 1.82) is 0 Å². The second-order valence-corrected chi connectivity index (χ2v) is 7.06. The maximum Gasteiger partial charge on any atom is 0.230 e. The first kappa shape index (κ1) is 15.8. The summed E-state index contributed by atoms with van der Waals surface area (Å²) in [4.78, 5) is 12.0. The number of benzene rings is 1. The van der Waals surface area contributed by atoms with Gasteiger partial charge < -0.3 is 11.1 Å². The van der Waals surface area contributed by atoms with Crippen LogP contribution in [0.2, 0.25) is 0 Å². The van der Waals surface area contributed by atoms with Gasteiger partial charge >= 0.3 is 0 Å². The van der Waals surface area contributed by atoms with E-state index < -0.39 is 0 Å². The Bertz CT molecular complexity index is 642. The number of amides is 1. The number of nitrogens with zero attached hydrogens (tertiary/aromatic N) is 2. The van der Waals surface area contributed by atoms with Crippen molar-refractivity contribution in [3.05, 3.63) is 34.9 Å². The molecule has 7 heteroatoms. The lowest BCUT2D eigenvalue weighted by atomic mass is 10.0. The van der Waals surface area contributed by atoms with E-state index in [2.05, 4.69) is 41.5 Å². The van der Waals surface area contributed by atoms with Crippen LogP contribution < -0.4 is 11.1 Å². The van der Waals surface area contributed by atoms with E-state index in [1.54, 1.807) is 0 Å². The van der Waals surface area contributed by atoms with E-state index in [1.165, 1.54) is 34.2 Å². The number of aryl methyl sites for hydroxylation is 2. The molecule has 21 heavy (non-hydrogen) atoms. The van der Waals surface area contributed by atoms with Crippen LogP contribution in [0, 0.1) is 13.8 Å². The SMILES string of the molecule is Cc1ccc(C(C)NC(=O)CSc2nnc(N)s2)cc1C. The molecule has 0 radical (unpaired) electrons. The first-order valence-electron chi connectivity index (χ1n) is 6.54. The Kier molecular flexibility index (Phi) is 5.19. The monoisotopic (exact) mass is 322 g/mol. The second-order valence-electron chi connectivity index (χ2n) is 4.83. The Hall–Kier alpha value is -1.60. The van der Waals surface area contributed by atoms with Crippen LogP contribution in [0.3, 0.4) is 0 Å². The number of hydrogen-bond acceptors (Lipinski definition) is 6. The lowest BCUT2D eigenvalue weighted by Gasteiger charge is -2.15. The Balaban J connectivity index is 1.88. The molecule has 5 nitrogen and oxygen atoms in total. The molecule has 1 aromatic carbocycles. The standard InChI is InChI=1S/C14H18N4OS2/c1-8-4-5-11(6-9(8)2)10(3)16-12(19)7-20-14-18-17-13(15)21-14/h4-6,10H,7H2,1-3H3,(H2,15,17)(H,16,19). The molecule has 2 rings (SSSR count). The second kappa shape index (κ2) is 6.91. The van der Waals surface area contributed by atoms with Crippen molar-refractivity contribution in [2.45, 2.75) is 31.2 Å². The van der Waals surface area contributed by atoms with Crippen LogP contribution in [0.5, 0.6) is 0 Å². The number of carbonyl (C=O) groups excluding carboxylic acids is 1. The summed E-state index contributed by atoms with van der Waals surface area (Å²) in [7, 11) is 0. The molecule has 3 N–H and O–H groups in total. The van der Waals surface area contributed by atoms with Crippen molar-refractivity contribution >= 4 is 34.1 Å². The van der Waals surface area contributed by atoms with Crippen molar-refractivity contribution in [3.63, 3.8) is 0 Å². The highest BCUT2D eigenvalue weighted by atomic mass is 32.2. The van der Waals surface area contributed by atoms with Gasteiger partial charge in [-0.2, -0.15) is 0 Å². The smallest absolute Gasteiger partial charge is 0.230 e. The molecule has 0 saturated heterocycles. The number of nitrogen functional groups attached to an aromatic ring is 1. The summed E-state index contributed by atoms with van der Waals surface area (Å²) >= 11 is 2.63. The van der Waals surface area contributed by atoms with Gasteiger partial charge in [0.15, 0.2) is 4.34 Å². The van der Waals surface area contributed by atoms with Gasteiger partial charge in [-0.15, -0.1) is 10.2 Å². The minimum absolute atomic E-state index is 0.0168. The summed E-state index contributed by atoms with van der Waals surface area (Å²) in [6, 6.07) is 6.22. The zero-order valence-corrected chi connectivity index (χ0v) is 13.8. The largest absolute Gasteiger partial charge is 0.374 e. The lowest BCUT2D eigenvalue weighted by molar-refractivity contribution is -0.119. The summed E-state index contributed by atoms with van der Waals surface area (Å²) < 4.78 is 0.710. The van der Waals surface area contributed by atoms with E-state index in [0.29, 0.717) is 15.2 Å². The molecule has 1 unspecified atom stereocenters. The van der Waals surface area contributed by atoms with Gasteiger partial charge in [0.25, 0.3) is 0 Å². The molecule has 2 aromatic rings. The highest BCUT2D eigenvalue weighted by Gasteiger charge is 2.12. The minimum atomic E-state index is -0.0282. The van der Waals surface area contributed by atoms with E-state index >= 15 is 0 Å². The molecule has 1 heterocycles. The zero-order valence-electron chi connectivity index (χ0n) is 12.2. The third-order valence-corrected chi connectivity index (χ3v) is 5.04. The zero-order chi connectivity index (χ0) is 15.4. The van der Waals surface area contributed by atoms with Gasteiger partial charge in [-0.3, -0.25) is 4.79 Å². The predicted octanol–water partition coefficient (Wildman–Crippen LogP) is 2.71. The van der Waals surface area contributed by atoms with E-state index in [-0.39, 0.29) is 11.9 Å². The van der Waals surface area contributed by atoms with E-state index in [1.807, 2.05) is 13.0 Å².